The molecule has 2 aromatic carbocycles. The highest BCUT2D eigenvalue weighted by Gasteiger charge is 2.13. The molecule has 0 aliphatic rings. The molecule has 5 nitrogen and oxygen atoms in total. The molecule has 0 atom stereocenters. The summed E-state index contributed by atoms with van der Waals surface area (Å²) in [4.78, 5) is 27.8. The summed E-state index contributed by atoms with van der Waals surface area (Å²) >= 11 is 1.19. The molecule has 1 aromatic heterocycles. The predicted molar refractivity (Wildman–Crippen MR) is 97.2 cm³/mol. The number of nitrogens with one attached hydrogen (secondary N) is 1. The number of hydrogen-bond donors (Lipinski definition) is 1. The summed E-state index contributed by atoms with van der Waals surface area (Å²) in [6.45, 7) is -0.501. The Morgan fingerprint density at radius 2 is 1.81 bits per heavy atom. The van der Waals surface area contributed by atoms with Crippen molar-refractivity contribution in [2.24, 2.45) is 0 Å². The zero-order valence-electron chi connectivity index (χ0n) is 13.9. The van der Waals surface area contributed by atoms with Gasteiger partial charge in [0.1, 0.15) is 11.6 Å². The van der Waals surface area contributed by atoms with Crippen molar-refractivity contribution in [2.75, 3.05) is 11.9 Å². The van der Waals surface area contributed by atoms with Gasteiger partial charge in [-0.15, -0.1) is 11.3 Å². The molecule has 0 saturated heterocycles. The summed E-state index contributed by atoms with van der Waals surface area (Å²) in [5, 5.41) is 4.56. The van der Waals surface area contributed by atoms with Gasteiger partial charge in [0, 0.05) is 10.9 Å². The lowest BCUT2D eigenvalue weighted by Gasteiger charge is -2.05. The maximum atomic E-state index is 13.5. The van der Waals surface area contributed by atoms with Crippen LogP contribution in [0.3, 0.4) is 0 Å². The van der Waals surface area contributed by atoms with E-state index < -0.39 is 24.3 Å². The molecule has 0 unspecified atom stereocenters. The molecule has 3 aromatic rings. The minimum absolute atomic E-state index is 0.201. The highest BCUT2D eigenvalue weighted by atomic mass is 32.1. The molecule has 1 amide bonds. The van der Waals surface area contributed by atoms with E-state index in [-0.39, 0.29) is 17.8 Å². The summed E-state index contributed by atoms with van der Waals surface area (Å²) in [5.74, 6) is -2.12. The zero-order chi connectivity index (χ0) is 19.2. The fourth-order valence-corrected chi connectivity index (χ4v) is 2.97. The first-order valence-electron chi connectivity index (χ1n) is 7.91. The second-order valence-electron chi connectivity index (χ2n) is 5.52. The van der Waals surface area contributed by atoms with Crippen molar-refractivity contribution in [3.05, 3.63) is 71.1 Å². The Morgan fingerprint density at radius 3 is 2.56 bits per heavy atom. The number of nitrogens with zero attached hydrogens (tertiary/aromatic N) is 1. The van der Waals surface area contributed by atoms with Crippen molar-refractivity contribution in [2.45, 2.75) is 6.42 Å². The molecule has 0 spiro atoms. The molecule has 0 aliphatic carbocycles. The third-order valence-electron chi connectivity index (χ3n) is 3.55. The third kappa shape index (κ3) is 5.18. The molecule has 0 fully saturated rings. The number of ether oxygens (including phenoxy) is 1. The SMILES string of the molecule is O=C(COC(=O)Cc1ccccc1F)Nc1nc(-c2ccc(F)cc2)cs1. The smallest absolute Gasteiger partial charge is 0.310 e. The van der Waals surface area contributed by atoms with Crippen LogP contribution in [-0.4, -0.2) is 23.5 Å². The average Bonchev–Trinajstić information content (AvgIpc) is 3.11. The molecule has 0 aliphatic heterocycles. The van der Waals surface area contributed by atoms with E-state index in [0.717, 1.165) is 0 Å². The summed E-state index contributed by atoms with van der Waals surface area (Å²) in [7, 11) is 0. The van der Waals surface area contributed by atoms with Crippen molar-refractivity contribution in [3.8, 4) is 11.3 Å². The van der Waals surface area contributed by atoms with Crippen LogP contribution in [0, 0.1) is 11.6 Å². The van der Waals surface area contributed by atoms with Gasteiger partial charge in [-0.1, -0.05) is 18.2 Å². The van der Waals surface area contributed by atoms with E-state index in [0.29, 0.717) is 16.4 Å². The Balaban J connectivity index is 1.50. The Hall–Kier alpha value is -3.13. The van der Waals surface area contributed by atoms with E-state index in [2.05, 4.69) is 10.3 Å². The van der Waals surface area contributed by atoms with Gasteiger partial charge in [0.2, 0.25) is 0 Å². The first kappa shape index (κ1) is 18.7. The first-order chi connectivity index (χ1) is 13.0. The van der Waals surface area contributed by atoms with E-state index in [1.165, 1.54) is 41.7 Å². The summed E-state index contributed by atoms with van der Waals surface area (Å²) < 4.78 is 31.3. The van der Waals surface area contributed by atoms with Crippen molar-refractivity contribution in [3.63, 3.8) is 0 Å². The Labute approximate surface area is 157 Å². The number of carbonyl (C=O) groups excluding carboxylic acids is 2. The Morgan fingerprint density at radius 1 is 1.07 bits per heavy atom. The molecule has 0 bridgehead atoms. The Bertz CT molecular complexity index is 958. The van der Waals surface area contributed by atoms with E-state index in [1.807, 2.05) is 0 Å². The molecule has 8 heteroatoms. The lowest BCUT2D eigenvalue weighted by molar-refractivity contribution is -0.146. The summed E-state index contributed by atoms with van der Waals surface area (Å²) in [5.41, 5.74) is 1.50. The minimum atomic E-state index is -0.707. The number of anilines is 1. The van der Waals surface area contributed by atoms with Crippen LogP contribution in [-0.2, 0) is 20.7 Å². The van der Waals surface area contributed by atoms with Gasteiger partial charge < -0.3 is 4.74 Å². The van der Waals surface area contributed by atoms with E-state index in [4.69, 9.17) is 4.74 Å². The highest BCUT2D eigenvalue weighted by molar-refractivity contribution is 7.14. The van der Waals surface area contributed by atoms with Crippen LogP contribution in [0.5, 0.6) is 0 Å². The fraction of sp³-hybridized carbons (Fsp3) is 0.105. The topological polar surface area (TPSA) is 68.3 Å². The zero-order valence-corrected chi connectivity index (χ0v) is 14.8. The second-order valence-corrected chi connectivity index (χ2v) is 6.38. The maximum absolute atomic E-state index is 13.5. The molecule has 0 saturated carbocycles. The quantitative estimate of drug-likeness (QED) is 0.652. The lowest BCUT2D eigenvalue weighted by Crippen LogP contribution is -2.21. The number of benzene rings is 2. The average molecular weight is 388 g/mol. The van der Waals surface area contributed by atoms with Gasteiger partial charge in [0.25, 0.3) is 5.91 Å². The van der Waals surface area contributed by atoms with Gasteiger partial charge in [-0.3, -0.25) is 14.9 Å². The number of rotatable bonds is 6. The number of esters is 1. The van der Waals surface area contributed by atoms with E-state index in [1.54, 1.807) is 23.6 Å². The third-order valence-corrected chi connectivity index (χ3v) is 4.31. The number of hydrogen-bond acceptors (Lipinski definition) is 5. The molecular formula is C19H14F2N2O3S. The molecule has 1 heterocycles. The lowest BCUT2D eigenvalue weighted by atomic mass is 10.1. The van der Waals surface area contributed by atoms with Gasteiger partial charge in [0.05, 0.1) is 12.1 Å². The molecule has 1 N–H and O–H groups in total. The first-order valence-corrected chi connectivity index (χ1v) is 8.79. The van der Waals surface area contributed by atoms with Gasteiger partial charge in [-0.05, 0) is 35.9 Å². The second kappa shape index (κ2) is 8.50. The largest absolute Gasteiger partial charge is 0.455 e. The molecule has 3 rings (SSSR count). The van der Waals surface area contributed by atoms with Crippen LogP contribution >= 0.6 is 11.3 Å². The molecule has 0 radical (unpaired) electrons. The minimum Gasteiger partial charge on any atom is -0.455 e. The van der Waals surface area contributed by atoms with Gasteiger partial charge >= 0.3 is 5.97 Å². The summed E-state index contributed by atoms with van der Waals surface area (Å²) in [6.07, 6.45) is -0.258. The van der Waals surface area contributed by atoms with Crippen LogP contribution in [0.2, 0.25) is 0 Å². The van der Waals surface area contributed by atoms with Crippen LogP contribution in [0.15, 0.2) is 53.9 Å². The van der Waals surface area contributed by atoms with Crippen LogP contribution < -0.4 is 5.32 Å². The number of amides is 1. The number of thiazole rings is 1. The Kier molecular flexibility index (Phi) is 5.87. The normalized spacial score (nSPS) is 10.4. The van der Waals surface area contributed by atoms with Crippen molar-refractivity contribution in [1.29, 1.82) is 0 Å². The molecule has 138 valence electrons. The number of carbonyl (C=O) groups is 2. The fourth-order valence-electron chi connectivity index (χ4n) is 2.23. The number of aromatic nitrogens is 1. The van der Waals surface area contributed by atoms with Crippen LogP contribution in [0.4, 0.5) is 13.9 Å². The van der Waals surface area contributed by atoms with Crippen molar-refractivity contribution < 1.29 is 23.1 Å². The van der Waals surface area contributed by atoms with E-state index >= 15 is 0 Å². The molecule has 27 heavy (non-hydrogen) atoms. The highest BCUT2D eigenvalue weighted by Crippen LogP contribution is 2.24. The summed E-state index contributed by atoms with van der Waals surface area (Å²) in [6, 6.07) is 11.7. The van der Waals surface area contributed by atoms with Gasteiger partial charge in [-0.2, -0.15) is 0 Å². The van der Waals surface area contributed by atoms with Crippen molar-refractivity contribution >= 4 is 28.3 Å². The van der Waals surface area contributed by atoms with Crippen LogP contribution in [0.25, 0.3) is 11.3 Å². The monoisotopic (exact) mass is 388 g/mol. The maximum Gasteiger partial charge on any atom is 0.310 e. The van der Waals surface area contributed by atoms with Gasteiger partial charge in [0.15, 0.2) is 11.7 Å². The van der Waals surface area contributed by atoms with E-state index in [9.17, 15) is 18.4 Å². The predicted octanol–water partition coefficient (Wildman–Crippen LogP) is 3.81. The van der Waals surface area contributed by atoms with Gasteiger partial charge in [-0.25, -0.2) is 13.8 Å². The van der Waals surface area contributed by atoms with Crippen LogP contribution in [0.1, 0.15) is 5.56 Å². The standard InChI is InChI=1S/C19H14F2N2O3S/c20-14-7-5-12(6-8-14)16-11-27-19(22-16)23-17(24)10-26-18(25)9-13-3-1-2-4-15(13)21/h1-8,11H,9-10H2,(H,22,23,24). The van der Waals surface area contributed by atoms with Crippen molar-refractivity contribution in [1.82, 2.24) is 4.98 Å². The molecular weight excluding hydrogens is 374 g/mol. The number of halogens is 2.